The van der Waals surface area contributed by atoms with Crippen molar-refractivity contribution in [2.45, 2.75) is 56.7 Å². The van der Waals surface area contributed by atoms with E-state index in [1.165, 1.54) is 66.6 Å². The molecule has 0 unspecified atom stereocenters. The summed E-state index contributed by atoms with van der Waals surface area (Å²) in [5, 5.41) is 21.4. The molecule has 2 saturated heterocycles. The van der Waals surface area contributed by atoms with Gasteiger partial charge in [-0.15, -0.1) is 0 Å². The van der Waals surface area contributed by atoms with Crippen LogP contribution in [0, 0.1) is 26.0 Å². The molecule has 1 aliphatic carbocycles. The van der Waals surface area contributed by atoms with E-state index in [2.05, 4.69) is 0 Å². The van der Waals surface area contributed by atoms with E-state index in [9.17, 15) is 44.2 Å². The second kappa shape index (κ2) is 16.6. The van der Waals surface area contributed by atoms with Crippen molar-refractivity contribution in [3.8, 4) is 0 Å². The largest absolute Gasteiger partial charge is 0.457 e. The van der Waals surface area contributed by atoms with Crippen molar-refractivity contribution in [2.24, 2.45) is 0 Å². The number of hydrogen-bond acceptors (Lipinski definition) is 13. The van der Waals surface area contributed by atoms with Crippen molar-refractivity contribution in [1.82, 2.24) is 14.4 Å². The molecule has 2 atom stereocenters. The van der Waals surface area contributed by atoms with Crippen molar-refractivity contribution in [1.29, 1.82) is 0 Å². The number of likely N-dealkylation sites (tertiary alicyclic amines) is 1. The highest BCUT2D eigenvalue weighted by Gasteiger charge is 2.43. The summed E-state index contributed by atoms with van der Waals surface area (Å²) >= 11 is 1.04. The average molecular weight is 817 g/mol. The second-order valence-electron chi connectivity index (χ2n) is 14.3. The lowest BCUT2D eigenvalue weighted by Crippen LogP contribution is -2.54. The Balaban J connectivity index is 1.03. The summed E-state index contributed by atoms with van der Waals surface area (Å²) in [5.74, 6) is -1.94. The highest BCUT2D eigenvalue weighted by atomic mass is 32.2. The van der Waals surface area contributed by atoms with Crippen molar-refractivity contribution >= 4 is 62.8 Å². The monoisotopic (exact) mass is 816 g/mol. The molecule has 2 amide bonds. The van der Waals surface area contributed by atoms with Crippen LogP contribution in [0.5, 0.6) is 0 Å². The van der Waals surface area contributed by atoms with E-state index in [-0.39, 0.29) is 103 Å². The zero-order chi connectivity index (χ0) is 41.2. The predicted molar refractivity (Wildman–Crippen MR) is 208 cm³/mol. The Morgan fingerprint density at radius 3 is 2.00 bits per heavy atom. The average Bonchev–Trinajstić information content (AvgIpc) is 3.98. The number of thioether (sulfide) groups is 1. The summed E-state index contributed by atoms with van der Waals surface area (Å²) in [6, 6.07) is 12.7. The summed E-state index contributed by atoms with van der Waals surface area (Å²) in [7, 11) is 0. The van der Waals surface area contributed by atoms with E-state index >= 15 is 4.39 Å². The lowest BCUT2D eigenvalue weighted by atomic mass is 10.1. The zero-order valence-corrected chi connectivity index (χ0v) is 31.9. The molecule has 302 valence electrons. The van der Waals surface area contributed by atoms with E-state index in [0.29, 0.717) is 16.6 Å². The van der Waals surface area contributed by atoms with Crippen LogP contribution in [0.4, 0.5) is 26.2 Å². The first kappa shape index (κ1) is 39.8. The van der Waals surface area contributed by atoms with Crippen molar-refractivity contribution < 1.29 is 42.9 Å². The number of fused-ring (bicyclic) bond motifs is 1. The number of ether oxygens (including phenoxy) is 2. The number of piperazine rings is 1. The summed E-state index contributed by atoms with van der Waals surface area (Å²) in [4.78, 5) is 91.4. The Labute approximate surface area is 333 Å². The van der Waals surface area contributed by atoms with Crippen LogP contribution in [0.2, 0.25) is 0 Å². The maximum Gasteiger partial charge on any atom is 0.410 e. The van der Waals surface area contributed by atoms with Crippen LogP contribution >= 0.6 is 11.8 Å². The highest BCUT2D eigenvalue weighted by Crippen LogP contribution is 2.38. The lowest BCUT2D eigenvalue weighted by molar-refractivity contribution is -0.385. The lowest BCUT2D eigenvalue weighted by Gasteiger charge is -2.38. The van der Waals surface area contributed by atoms with Gasteiger partial charge < -0.3 is 23.8 Å². The minimum atomic E-state index is -0.909. The third-order valence-electron chi connectivity index (χ3n) is 10.3. The molecule has 17 nitrogen and oxygen atoms in total. The number of anilines is 1. The topological polar surface area (TPSA) is 205 Å². The first-order valence-corrected chi connectivity index (χ1v) is 19.3. The van der Waals surface area contributed by atoms with Gasteiger partial charge in [-0.3, -0.25) is 39.5 Å². The van der Waals surface area contributed by atoms with Crippen LogP contribution in [0.1, 0.15) is 53.7 Å². The van der Waals surface area contributed by atoms with E-state index in [1.807, 2.05) is 0 Å². The van der Waals surface area contributed by atoms with E-state index in [0.717, 1.165) is 30.7 Å². The van der Waals surface area contributed by atoms with Crippen molar-refractivity contribution in [3.05, 3.63) is 120 Å². The molecule has 4 aromatic rings. The number of benzene rings is 3. The molecule has 1 aromatic heterocycles. The molecule has 3 heterocycles. The Morgan fingerprint density at radius 1 is 0.862 bits per heavy atom. The van der Waals surface area contributed by atoms with Gasteiger partial charge in [-0.25, -0.2) is 14.0 Å². The van der Waals surface area contributed by atoms with Gasteiger partial charge in [0.2, 0.25) is 11.3 Å². The van der Waals surface area contributed by atoms with Crippen LogP contribution in [-0.4, -0.2) is 91.3 Å². The Kier molecular flexibility index (Phi) is 11.4. The van der Waals surface area contributed by atoms with Crippen LogP contribution < -0.4 is 10.3 Å². The number of nitro benzene ring substituents is 2. The van der Waals surface area contributed by atoms with E-state index in [1.54, 1.807) is 20.4 Å². The summed E-state index contributed by atoms with van der Waals surface area (Å²) in [6.07, 6.45) is 2.47. The second-order valence-corrected chi connectivity index (χ2v) is 15.7. The third-order valence-corrected chi connectivity index (χ3v) is 11.3. The number of hydrogen-bond donors (Lipinski definition) is 0. The van der Waals surface area contributed by atoms with E-state index < -0.39 is 39.2 Å². The van der Waals surface area contributed by atoms with Gasteiger partial charge in [0, 0.05) is 86.8 Å². The smallest absolute Gasteiger partial charge is 0.410 e. The standard InChI is InChI=1S/C39H37FN6O11S/c1-23(47)58-29-16-35(44(19-29)39(51)57-22-25-4-8-28(9-5-25)46(54)55)37(49)42-14-12-41(13-15-42)34-18-33-30(17-32(34)40)36(48)31(20-43(33)26-10-11-26)38(50)56-21-24-2-6-27(7-3-24)45(52)53/h2-9,17-18,20,26,29,35H,10-16,19,21-22H2,1H3/t29-,35-/m0/s1. The quantitative estimate of drug-likeness (QED) is 0.106. The Morgan fingerprint density at radius 2 is 1.45 bits per heavy atom. The predicted octanol–water partition coefficient (Wildman–Crippen LogP) is 5.36. The van der Waals surface area contributed by atoms with Gasteiger partial charge in [-0.1, -0.05) is 11.8 Å². The number of nitrogens with zero attached hydrogens (tertiary/aromatic N) is 6. The van der Waals surface area contributed by atoms with Gasteiger partial charge in [-0.2, -0.15) is 0 Å². The molecule has 7 rings (SSSR count). The number of rotatable bonds is 11. The van der Waals surface area contributed by atoms with Crippen LogP contribution in [0.25, 0.3) is 10.9 Å². The van der Waals surface area contributed by atoms with Gasteiger partial charge in [0.25, 0.3) is 11.4 Å². The zero-order valence-electron chi connectivity index (χ0n) is 31.1. The maximum atomic E-state index is 15.9. The highest BCUT2D eigenvalue weighted by molar-refractivity contribution is 8.14. The third kappa shape index (κ3) is 8.63. The number of non-ortho nitro benzene ring substituents is 2. The van der Waals surface area contributed by atoms with Crippen molar-refractivity contribution in [2.75, 3.05) is 37.6 Å². The first-order chi connectivity index (χ1) is 27.8. The fourth-order valence-corrected chi connectivity index (χ4v) is 8.20. The molecular weight excluding hydrogens is 780 g/mol. The van der Waals surface area contributed by atoms with Gasteiger partial charge in [0.05, 0.1) is 21.1 Å². The summed E-state index contributed by atoms with van der Waals surface area (Å²) in [6.45, 7) is 1.95. The first-order valence-electron chi connectivity index (χ1n) is 18.4. The molecule has 3 aliphatic rings. The number of carbonyl (C=O) groups is 4. The van der Waals surface area contributed by atoms with Gasteiger partial charge in [0.15, 0.2) is 5.12 Å². The molecule has 1 saturated carbocycles. The van der Waals surface area contributed by atoms with Gasteiger partial charge in [-0.05, 0) is 66.8 Å². The maximum absolute atomic E-state index is 15.9. The number of pyridine rings is 1. The number of halogens is 1. The Hall–Kier alpha value is -6.37. The fourth-order valence-electron chi connectivity index (χ4n) is 7.22. The van der Waals surface area contributed by atoms with E-state index in [4.69, 9.17) is 9.47 Å². The number of carbonyl (C=O) groups excluding carboxylic acids is 4. The summed E-state index contributed by atoms with van der Waals surface area (Å²) < 4.78 is 28.6. The molecule has 19 heteroatoms. The number of amides is 2. The Bertz CT molecular complexity index is 2360. The minimum Gasteiger partial charge on any atom is -0.457 e. The summed E-state index contributed by atoms with van der Waals surface area (Å²) in [5.41, 5.74) is 0.464. The number of nitro groups is 2. The molecule has 0 radical (unpaired) electrons. The molecule has 3 fully saturated rings. The molecule has 58 heavy (non-hydrogen) atoms. The SMILES string of the molecule is CC(=O)S[C@H]1C[C@@H](C(=O)N2CCN(c3cc4c(cc3F)c(=O)c(C(=O)OCc3ccc([N+](=O)[O-])cc3)cn4C3CC3)CC2)N(C(=O)OCc2ccc([N+](=O)[O-])cc2)C1. The number of aromatic nitrogens is 1. The molecule has 0 N–H and O–H groups in total. The van der Waals surface area contributed by atoms with Crippen molar-refractivity contribution in [3.63, 3.8) is 0 Å². The normalized spacial score (nSPS) is 17.9. The minimum absolute atomic E-state index is 0.00604. The fraction of sp³-hybridized carbons (Fsp3) is 0.359. The van der Waals surface area contributed by atoms with Crippen LogP contribution in [-0.2, 0) is 32.3 Å². The number of esters is 1. The molecule has 0 spiro atoms. The molecule has 0 bridgehead atoms. The molecule has 3 aromatic carbocycles. The van der Waals surface area contributed by atoms with Gasteiger partial charge >= 0.3 is 12.1 Å². The van der Waals surface area contributed by atoms with Crippen LogP contribution in [0.15, 0.2) is 71.7 Å². The molecule has 2 aliphatic heterocycles. The van der Waals surface area contributed by atoms with Crippen LogP contribution in [0.3, 0.4) is 0 Å². The molecular formula is C39H37FN6O11S. The van der Waals surface area contributed by atoms with Gasteiger partial charge in [0.1, 0.15) is 30.6 Å².